The Hall–Kier alpha value is -1.98. The van der Waals surface area contributed by atoms with Crippen LogP contribution in [0.1, 0.15) is 38.5 Å². The average Bonchev–Trinajstić information content (AvgIpc) is 3.37. The SMILES string of the molecule is O=C(COC(=O)C1CC2C(=O)C1C1C3C=CC(C3=O)C21)OC1CCCCC1. The van der Waals surface area contributed by atoms with Gasteiger partial charge in [0.15, 0.2) is 6.61 Å². The predicted octanol–water partition coefficient (Wildman–Crippen LogP) is 1.86. The van der Waals surface area contributed by atoms with Crippen LogP contribution in [0.15, 0.2) is 12.2 Å². The molecule has 6 nitrogen and oxygen atoms in total. The minimum Gasteiger partial charge on any atom is -0.460 e. The van der Waals surface area contributed by atoms with Gasteiger partial charge in [0.05, 0.1) is 5.92 Å². The third-order valence-electron chi connectivity index (χ3n) is 7.46. The Morgan fingerprint density at radius 3 is 2.41 bits per heavy atom. The van der Waals surface area contributed by atoms with E-state index in [1.54, 1.807) is 0 Å². The summed E-state index contributed by atoms with van der Waals surface area (Å²) < 4.78 is 10.6. The molecule has 5 aliphatic rings. The van der Waals surface area contributed by atoms with Crippen molar-refractivity contribution in [3.63, 3.8) is 0 Å². The van der Waals surface area contributed by atoms with Crippen LogP contribution >= 0.6 is 0 Å². The lowest BCUT2D eigenvalue weighted by atomic mass is 9.69. The maximum absolute atomic E-state index is 12.7. The van der Waals surface area contributed by atoms with Gasteiger partial charge in [0.2, 0.25) is 0 Å². The summed E-state index contributed by atoms with van der Waals surface area (Å²) in [5, 5.41) is 0. The number of ketones is 2. The van der Waals surface area contributed by atoms with Crippen molar-refractivity contribution in [1.82, 2.24) is 0 Å². The molecule has 7 atom stereocenters. The summed E-state index contributed by atoms with van der Waals surface area (Å²) >= 11 is 0. The average molecular weight is 372 g/mol. The summed E-state index contributed by atoms with van der Waals surface area (Å²) in [5.41, 5.74) is 0. The fourth-order valence-electron chi connectivity index (χ4n) is 6.42. The first-order chi connectivity index (χ1) is 13.1. The first-order valence-corrected chi connectivity index (χ1v) is 10.2. The maximum atomic E-state index is 12.7. The van der Waals surface area contributed by atoms with Gasteiger partial charge in [-0.3, -0.25) is 14.4 Å². The van der Waals surface area contributed by atoms with Gasteiger partial charge in [-0.25, -0.2) is 4.79 Å². The van der Waals surface area contributed by atoms with Crippen molar-refractivity contribution in [1.29, 1.82) is 0 Å². The van der Waals surface area contributed by atoms with E-state index in [4.69, 9.17) is 9.47 Å². The molecule has 7 unspecified atom stereocenters. The number of Topliss-reactive ketones (excluding diaryl/α,β-unsaturated/α-hetero) is 2. The molecule has 0 heterocycles. The molecule has 0 aromatic rings. The second kappa shape index (κ2) is 6.28. The van der Waals surface area contributed by atoms with Crippen LogP contribution in [0.5, 0.6) is 0 Å². The molecule has 0 aromatic heterocycles. The predicted molar refractivity (Wildman–Crippen MR) is 92.1 cm³/mol. The van der Waals surface area contributed by atoms with Gasteiger partial charge >= 0.3 is 11.9 Å². The van der Waals surface area contributed by atoms with Gasteiger partial charge in [0.1, 0.15) is 17.7 Å². The number of ether oxygens (including phenoxy) is 2. The number of esters is 2. The van der Waals surface area contributed by atoms with Crippen LogP contribution in [-0.4, -0.2) is 36.2 Å². The highest BCUT2D eigenvalue weighted by atomic mass is 16.6. The van der Waals surface area contributed by atoms with Gasteiger partial charge in [0.25, 0.3) is 0 Å². The van der Waals surface area contributed by atoms with Crippen molar-refractivity contribution in [2.24, 2.45) is 41.4 Å². The molecule has 4 fully saturated rings. The molecule has 0 N–H and O–H groups in total. The van der Waals surface area contributed by atoms with E-state index in [1.807, 2.05) is 12.2 Å². The Labute approximate surface area is 157 Å². The third kappa shape index (κ3) is 2.52. The monoisotopic (exact) mass is 372 g/mol. The number of rotatable bonds is 4. The van der Waals surface area contributed by atoms with E-state index in [-0.39, 0.29) is 47.3 Å². The largest absolute Gasteiger partial charge is 0.460 e. The molecular formula is C21H24O6. The molecule has 0 amide bonds. The number of hydrogen-bond donors (Lipinski definition) is 0. The summed E-state index contributed by atoms with van der Waals surface area (Å²) in [7, 11) is 0. The molecule has 5 aliphatic carbocycles. The highest BCUT2D eigenvalue weighted by Gasteiger charge is 2.69. The van der Waals surface area contributed by atoms with Gasteiger partial charge in [-0.05, 0) is 43.9 Å². The number of hydrogen-bond acceptors (Lipinski definition) is 6. The Morgan fingerprint density at radius 1 is 0.963 bits per heavy atom. The molecule has 5 rings (SSSR count). The second-order valence-electron chi connectivity index (χ2n) is 8.73. The Kier molecular flexibility index (Phi) is 3.99. The highest BCUT2D eigenvalue weighted by molar-refractivity contribution is 6.01. The van der Waals surface area contributed by atoms with Gasteiger partial charge in [0, 0.05) is 23.7 Å². The van der Waals surface area contributed by atoms with Gasteiger partial charge in [-0.2, -0.15) is 0 Å². The van der Waals surface area contributed by atoms with Crippen LogP contribution in [0.3, 0.4) is 0 Å². The maximum Gasteiger partial charge on any atom is 0.344 e. The topological polar surface area (TPSA) is 86.7 Å². The highest BCUT2D eigenvalue weighted by Crippen LogP contribution is 2.64. The van der Waals surface area contributed by atoms with Crippen LogP contribution in [0, 0.1) is 41.4 Å². The lowest BCUT2D eigenvalue weighted by Crippen LogP contribution is -2.36. The van der Waals surface area contributed by atoms with Crippen LogP contribution < -0.4 is 0 Å². The minimum absolute atomic E-state index is 0.0505. The van der Waals surface area contributed by atoms with E-state index in [2.05, 4.69) is 0 Å². The normalized spacial score (nSPS) is 41.9. The lowest BCUT2D eigenvalue weighted by molar-refractivity contribution is -0.167. The quantitative estimate of drug-likeness (QED) is 0.425. The van der Waals surface area contributed by atoms with E-state index < -0.39 is 30.4 Å². The van der Waals surface area contributed by atoms with Crippen LogP contribution in [-0.2, 0) is 28.7 Å². The first kappa shape index (κ1) is 17.1. The van der Waals surface area contributed by atoms with E-state index >= 15 is 0 Å². The summed E-state index contributed by atoms with van der Waals surface area (Å²) in [6, 6.07) is 0. The van der Waals surface area contributed by atoms with Crippen molar-refractivity contribution in [2.45, 2.75) is 44.6 Å². The molecule has 144 valence electrons. The molecule has 0 saturated heterocycles. The van der Waals surface area contributed by atoms with Crippen molar-refractivity contribution in [3.8, 4) is 0 Å². The Morgan fingerprint density at radius 2 is 1.67 bits per heavy atom. The molecule has 0 aliphatic heterocycles. The Balaban J connectivity index is 1.20. The van der Waals surface area contributed by atoms with E-state index in [1.165, 1.54) is 6.42 Å². The summed E-state index contributed by atoms with van der Waals surface area (Å²) in [6.45, 7) is -0.392. The van der Waals surface area contributed by atoms with E-state index in [9.17, 15) is 19.2 Å². The van der Waals surface area contributed by atoms with Crippen LogP contribution in [0.4, 0.5) is 0 Å². The fourth-order valence-corrected chi connectivity index (χ4v) is 6.42. The molecule has 4 saturated carbocycles. The van der Waals surface area contributed by atoms with Crippen molar-refractivity contribution in [2.75, 3.05) is 6.61 Å². The van der Waals surface area contributed by atoms with Crippen molar-refractivity contribution >= 4 is 23.5 Å². The van der Waals surface area contributed by atoms with Crippen molar-refractivity contribution in [3.05, 3.63) is 12.2 Å². The molecule has 27 heavy (non-hydrogen) atoms. The van der Waals surface area contributed by atoms with Crippen molar-refractivity contribution < 1.29 is 28.7 Å². The number of carbonyl (C=O) groups is 4. The molecule has 4 bridgehead atoms. The zero-order chi connectivity index (χ0) is 18.7. The standard InChI is InChI=1S/C21H24O6/c22-15(27-10-4-2-1-3-5-10)9-26-21(25)14-8-13-16-11-6-7-12(19(11)23)17(16)18(14)20(13)24/h6-7,10-14,16-18H,1-5,8-9H2. The van der Waals surface area contributed by atoms with E-state index in [0.29, 0.717) is 6.42 Å². The number of fused-ring (bicyclic) bond motifs is 9. The third-order valence-corrected chi connectivity index (χ3v) is 7.46. The molecular weight excluding hydrogens is 348 g/mol. The molecule has 0 radical (unpaired) electrons. The first-order valence-electron chi connectivity index (χ1n) is 10.2. The smallest absolute Gasteiger partial charge is 0.344 e. The van der Waals surface area contributed by atoms with Gasteiger partial charge in [-0.1, -0.05) is 18.6 Å². The lowest BCUT2D eigenvalue weighted by Gasteiger charge is -2.33. The number of allylic oxidation sites excluding steroid dienone is 2. The molecule has 0 aromatic carbocycles. The minimum atomic E-state index is -0.521. The fraction of sp³-hybridized carbons (Fsp3) is 0.714. The van der Waals surface area contributed by atoms with Gasteiger partial charge < -0.3 is 9.47 Å². The van der Waals surface area contributed by atoms with E-state index in [0.717, 1.165) is 25.7 Å². The molecule has 6 heteroatoms. The zero-order valence-electron chi connectivity index (χ0n) is 15.2. The van der Waals surface area contributed by atoms with Crippen LogP contribution in [0.25, 0.3) is 0 Å². The summed E-state index contributed by atoms with van der Waals surface area (Å²) in [4.78, 5) is 49.6. The van der Waals surface area contributed by atoms with Gasteiger partial charge in [-0.15, -0.1) is 0 Å². The Bertz CT molecular complexity index is 733. The second-order valence-corrected chi connectivity index (χ2v) is 8.73. The van der Waals surface area contributed by atoms with Crippen LogP contribution in [0.2, 0.25) is 0 Å². The summed E-state index contributed by atoms with van der Waals surface area (Å²) in [5.74, 6) is -2.17. The number of carbonyl (C=O) groups excluding carboxylic acids is 4. The molecule has 0 spiro atoms. The summed E-state index contributed by atoms with van der Waals surface area (Å²) in [6.07, 6.45) is 9.26. The zero-order valence-corrected chi connectivity index (χ0v) is 15.2.